The minimum atomic E-state index is -4.65. The van der Waals surface area contributed by atoms with E-state index in [0.717, 1.165) is 5.56 Å². The first kappa shape index (κ1) is 18.0. The number of benzene rings is 2. The van der Waals surface area contributed by atoms with E-state index in [0.29, 0.717) is 5.69 Å². The normalized spacial score (nSPS) is 10.9. The molecule has 0 aliphatic carbocycles. The first-order chi connectivity index (χ1) is 11.4. The van der Waals surface area contributed by atoms with Gasteiger partial charge in [0.25, 0.3) is 0 Å². The Morgan fingerprint density at radius 1 is 0.917 bits per heavy atom. The van der Waals surface area contributed by atoms with Crippen molar-refractivity contribution < 1.29 is 13.0 Å². The fourth-order valence-corrected chi connectivity index (χ4v) is 2.80. The van der Waals surface area contributed by atoms with Gasteiger partial charge in [-0.1, -0.05) is 30.4 Å². The Morgan fingerprint density at radius 2 is 1.50 bits per heavy atom. The van der Waals surface area contributed by atoms with Gasteiger partial charge in [-0.05, 0) is 59.8 Å². The third-order valence-electron chi connectivity index (χ3n) is 2.96. The molecule has 0 radical (unpaired) electrons. The van der Waals surface area contributed by atoms with Crippen LogP contribution in [-0.4, -0.2) is 23.3 Å². The monoisotopic (exact) mass is 373 g/mol. The molecule has 0 saturated carbocycles. The summed E-state index contributed by atoms with van der Waals surface area (Å²) < 4.78 is 34.3. The van der Waals surface area contributed by atoms with Crippen LogP contribution in [0.3, 0.4) is 0 Å². The van der Waals surface area contributed by atoms with Crippen molar-refractivity contribution in [3.8, 4) is 0 Å². The van der Waals surface area contributed by atoms with Crippen molar-refractivity contribution >= 4 is 68.4 Å². The highest BCUT2D eigenvalue weighted by atomic mass is 32.2. The molecule has 0 aromatic heterocycles. The van der Waals surface area contributed by atoms with Crippen LogP contribution in [0.2, 0.25) is 0 Å². The van der Waals surface area contributed by atoms with E-state index in [4.69, 9.17) is 0 Å². The second-order valence-corrected chi connectivity index (χ2v) is 6.22. The molecule has 0 fully saturated rings. The van der Waals surface area contributed by atoms with Crippen LogP contribution in [0, 0.1) is 0 Å². The number of nitrogens with zero attached hydrogens (tertiary/aromatic N) is 2. The van der Waals surface area contributed by atoms with Gasteiger partial charge in [0.2, 0.25) is 0 Å². The van der Waals surface area contributed by atoms with Gasteiger partial charge in [0, 0.05) is 0 Å². The maximum atomic E-state index is 11.4. The van der Waals surface area contributed by atoms with E-state index in [9.17, 15) is 13.0 Å². The average Bonchev–Trinajstić information content (AvgIpc) is 2.54. The van der Waals surface area contributed by atoms with Gasteiger partial charge in [-0.15, -0.1) is 0 Å². The minimum absolute atomic E-state index is 0.249. The molecule has 0 amide bonds. The molecule has 0 saturated heterocycles. The summed E-state index contributed by atoms with van der Waals surface area (Å²) in [6.07, 6.45) is 3.21. The van der Waals surface area contributed by atoms with Crippen LogP contribution >= 0.6 is 24.4 Å². The summed E-state index contributed by atoms with van der Waals surface area (Å²) in [4.78, 5) is 7.15. The Bertz CT molecular complexity index is 984. The van der Waals surface area contributed by atoms with Crippen molar-refractivity contribution in [3.63, 3.8) is 0 Å². The number of aliphatic imine (C=N–C) groups is 2. The summed E-state index contributed by atoms with van der Waals surface area (Å²) in [6.45, 7) is 0. The van der Waals surface area contributed by atoms with Crippen LogP contribution in [0.15, 0.2) is 57.3 Å². The van der Waals surface area contributed by atoms with Gasteiger partial charge in [0.05, 0.1) is 26.6 Å². The van der Waals surface area contributed by atoms with Crippen LogP contribution in [0.25, 0.3) is 12.2 Å². The van der Waals surface area contributed by atoms with Gasteiger partial charge in [-0.25, -0.2) is 8.42 Å². The van der Waals surface area contributed by atoms with E-state index >= 15 is 0 Å². The summed E-state index contributed by atoms with van der Waals surface area (Å²) in [5.41, 5.74) is 1.97. The van der Waals surface area contributed by atoms with E-state index in [2.05, 4.69) is 44.7 Å². The molecule has 0 atom stereocenters. The standard InChI is InChI=1S/C16H10N2O3S3/c19-24(20,21)16-9-15(18-11-23)8-5-13(16)4-1-12-2-6-14(7-3-12)17-10-22/h1-9H,(H,19,20,21)/p-1/b4-1+. The smallest absolute Gasteiger partial charge is 0.125 e. The molecular formula is C16H9N2O3S3-. The lowest BCUT2D eigenvalue weighted by molar-refractivity contribution is 0.463. The SMILES string of the molecule is O=S(=O)([O-])c1cc(N=C=S)ccc1/C=C/c1ccc(N=C=S)cc1. The van der Waals surface area contributed by atoms with Crippen molar-refractivity contribution in [2.75, 3.05) is 0 Å². The van der Waals surface area contributed by atoms with Crippen molar-refractivity contribution in [1.82, 2.24) is 0 Å². The molecule has 120 valence electrons. The molecule has 0 heterocycles. The van der Waals surface area contributed by atoms with Gasteiger partial charge < -0.3 is 4.55 Å². The average molecular weight is 373 g/mol. The summed E-state index contributed by atoms with van der Waals surface area (Å²) in [5.74, 6) is 0. The lowest BCUT2D eigenvalue weighted by atomic mass is 10.1. The van der Waals surface area contributed by atoms with E-state index < -0.39 is 10.1 Å². The first-order valence-electron chi connectivity index (χ1n) is 6.48. The lowest BCUT2D eigenvalue weighted by Gasteiger charge is -2.11. The predicted octanol–water partition coefficient (Wildman–Crippen LogP) is 4.23. The summed E-state index contributed by atoms with van der Waals surface area (Å²) >= 11 is 9.00. The number of hydrogen-bond acceptors (Lipinski definition) is 7. The molecule has 8 heteroatoms. The van der Waals surface area contributed by atoms with Crippen molar-refractivity contribution in [2.24, 2.45) is 9.98 Å². The van der Waals surface area contributed by atoms with Crippen LogP contribution in [0.4, 0.5) is 11.4 Å². The highest BCUT2D eigenvalue weighted by Gasteiger charge is 2.08. The Balaban J connectivity index is 2.41. The molecule has 0 spiro atoms. The largest absolute Gasteiger partial charge is 0.744 e. The zero-order valence-electron chi connectivity index (χ0n) is 12.0. The summed E-state index contributed by atoms with van der Waals surface area (Å²) in [7, 11) is -4.65. The second-order valence-electron chi connectivity index (χ2n) is 4.51. The fraction of sp³-hybridized carbons (Fsp3) is 0. The molecular weight excluding hydrogens is 364 g/mol. The molecule has 24 heavy (non-hydrogen) atoms. The number of isothiocyanates is 2. The maximum absolute atomic E-state index is 11.4. The number of hydrogen-bond donors (Lipinski definition) is 0. The Labute approximate surface area is 149 Å². The third-order valence-corrected chi connectivity index (χ3v) is 4.04. The van der Waals surface area contributed by atoms with Crippen LogP contribution < -0.4 is 0 Å². The van der Waals surface area contributed by atoms with Gasteiger partial charge in [-0.3, -0.25) is 0 Å². The van der Waals surface area contributed by atoms with Gasteiger partial charge in [-0.2, -0.15) is 9.98 Å². The summed E-state index contributed by atoms with van der Waals surface area (Å²) in [5, 5.41) is 4.40. The minimum Gasteiger partial charge on any atom is -0.744 e. The predicted molar refractivity (Wildman–Crippen MR) is 99.1 cm³/mol. The van der Waals surface area contributed by atoms with Gasteiger partial charge in [0.1, 0.15) is 10.1 Å². The first-order valence-corrected chi connectivity index (χ1v) is 8.70. The molecule has 2 rings (SSSR count). The zero-order valence-corrected chi connectivity index (χ0v) is 14.5. The highest BCUT2D eigenvalue weighted by molar-refractivity contribution is 7.85. The lowest BCUT2D eigenvalue weighted by Crippen LogP contribution is -2.00. The van der Waals surface area contributed by atoms with Crippen molar-refractivity contribution in [1.29, 1.82) is 0 Å². The van der Waals surface area contributed by atoms with Crippen LogP contribution in [-0.2, 0) is 10.1 Å². The number of rotatable bonds is 5. The second kappa shape index (κ2) is 7.99. The molecule has 0 N–H and O–H groups in total. The van der Waals surface area contributed by atoms with Crippen molar-refractivity contribution in [3.05, 3.63) is 53.6 Å². The molecule has 2 aromatic carbocycles. The summed E-state index contributed by atoms with van der Waals surface area (Å²) in [6, 6.07) is 11.2. The Morgan fingerprint density at radius 3 is 2.08 bits per heavy atom. The molecule has 0 bridgehead atoms. The van der Waals surface area contributed by atoms with E-state index in [1.165, 1.54) is 18.2 Å². The van der Waals surface area contributed by atoms with Crippen LogP contribution in [0.5, 0.6) is 0 Å². The van der Waals surface area contributed by atoms with Gasteiger partial charge in [0.15, 0.2) is 0 Å². The Kier molecular flexibility index (Phi) is 6.00. The zero-order chi connectivity index (χ0) is 17.6. The van der Waals surface area contributed by atoms with E-state index in [1.54, 1.807) is 36.4 Å². The fourth-order valence-electron chi connectivity index (χ4n) is 1.90. The topological polar surface area (TPSA) is 81.9 Å². The quantitative estimate of drug-likeness (QED) is 0.339. The van der Waals surface area contributed by atoms with Crippen molar-refractivity contribution in [2.45, 2.75) is 4.90 Å². The highest BCUT2D eigenvalue weighted by Crippen LogP contribution is 2.24. The Hall–Kier alpha value is -2.31. The molecule has 0 unspecified atom stereocenters. The molecule has 2 aromatic rings. The molecule has 0 aliphatic rings. The third kappa shape index (κ3) is 4.84. The van der Waals surface area contributed by atoms with Crippen LogP contribution in [0.1, 0.15) is 11.1 Å². The maximum Gasteiger partial charge on any atom is 0.125 e. The number of thiocarbonyl (C=S) groups is 2. The van der Waals surface area contributed by atoms with Gasteiger partial charge >= 0.3 is 0 Å². The molecule has 5 nitrogen and oxygen atoms in total. The molecule has 0 aliphatic heterocycles. The van der Waals surface area contributed by atoms with E-state index in [-0.39, 0.29) is 16.1 Å². The van der Waals surface area contributed by atoms with E-state index in [1.807, 2.05) is 0 Å².